The molecule has 9 nitrogen and oxygen atoms in total. The average Bonchev–Trinajstić information content (AvgIpc) is 3.25. The molecule has 0 aromatic carbocycles. The van der Waals surface area contributed by atoms with Crippen molar-refractivity contribution in [1.82, 2.24) is 0 Å². The summed E-state index contributed by atoms with van der Waals surface area (Å²) in [7, 11) is -4.37. The van der Waals surface area contributed by atoms with Crippen LogP contribution < -0.4 is 5.73 Å². The minimum Gasteiger partial charge on any atom is -0.462 e. The lowest BCUT2D eigenvalue weighted by Crippen LogP contribution is -2.29. The minimum absolute atomic E-state index is 0.0584. The van der Waals surface area contributed by atoms with Crippen molar-refractivity contribution in [3.63, 3.8) is 0 Å². The van der Waals surface area contributed by atoms with Gasteiger partial charge in [0.2, 0.25) is 0 Å². The Bertz CT molecular complexity index is 969. The van der Waals surface area contributed by atoms with Crippen LogP contribution in [0.2, 0.25) is 0 Å². The molecule has 0 aromatic heterocycles. The summed E-state index contributed by atoms with van der Waals surface area (Å²) < 4.78 is 32.9. The molecule has 0 radical (unpaired) electrons. The molecule has 2 unspecified atom stereocenters. The predicted octanol–water partition coefficient (Wildman–Crippen LogP) is 16.0. The number of esters is 2. The Morgan fingerprint density at radius 1 is 0.426 bits per heavy atom. The molecule has 0 aromatic rings. The van der Waals surface area contributed by atoms with Crippen LogP contribution in [0.5, 0.6) is 0 Å². The minimum atomic E-state index is -4.37. The molecule has 0 bridgehead atoms. The second-order valence-corrected chi connectivity index (χ2v) is 19.6. The van der Waals surface area contributed by atoms with E-state index in [-0.39, 0.29) is 38.6 Å². The number of ether oxygens (including phenoxy) is 2. The van der Waals surface area contributed by atoms with Crippen molar-refractivity contribution in [2.75, 3.05) is 26.4 Å². The van der Waals surface area contributed by atoms with E-state index in [4.69, 9.17) is 24.3 Å². The Labute approximate surface area is 377 Å². The zero-order valence-electron chi connectivity index (χ0n) is 40.4. The van der Waals surface area contributed by atoms with Crippen LogP contribution in [0.15, 0.2) is 0 Å². The van der Waals surface area contributed by atoms with Crippen molar-refractivity contribution < 1.29 is 37.6 Å². The van der Waals surface area contributed by atoms with Crippen LogP contribution in [0.4, 0.5) is 0 Å². The summed E-state index contributed by atoms with van der Waals surface area (Å²) in [6.45, 7) is 3.80. The molecule has 0 rings (SSSR count). The van der Waals surface area contributed by atoms with E-state index in [1.165, 1.54) is 218 Å². The van der Waals surface area contributed by atoms with Crippen molar-refractivity contribution in [3.8, 4) is 0 Å². The normalized spacial score (nSPS) is 13.0. The monoisotopic (exact) mass is 888 g/mol. The van der Waals surface area contributed by atoms with Crippen LogP contribution in [0.1, 0.15) is 284 Å². The molecular formula is C51H102NO8P. The molecule has 0 spiro atoms. The Morgan fingerprint density at radius 2 is 0.705 bits per heavy atom. The maximum atomic E-state index is 12.7. The van der Waals surface area contributed by atoms with E-state index >= 15 is 0 Å². The summed E-state index contributed by atoms with van der Waals surface area (Å²) in [6, 6.07) is 0. The fourth-order valence-corrected chi connectivity index (χ4v) is 8.82. The van der Waals surface area contributed by atoms with E-state index in [2.05, 4.69) is 13.8 Å². The summed E-state index contributed by atoms with van der Waals surface area (Å²) in [5, 5.41) is 0. The first-order valence-electron chi connectivity index (χ1n) is 26.5. The molecular weight excluding hydrogens is 786 g/mol. The van der Waals surface area contributed by atoms with Crippen molar-refractivity contribution in [2.24, 2.45) is 5.73 Å². The Kier molecular flexibility index (Phi) is 47.7. The standard InChI is InChI=1S/C51H102NO8P/c1-3-5-7-9-11-13-15-17-19-20-21-22-23-24-25-26-27-28-29-30-32-34-36-38-40-42-44-51(54)60-49(48-59-61(55,56)58-46-45-52)47-57-50(53)43-41-39-37-35-33-31-18-16-14-12-10-8-6-4-2/h49H,3-48,52H2,1-2H3,(H,55,56). The van der Waals surface area contributed by atoms with E-state index in [1.54, 1.807) is 0 Å². The Hall–Kier alpha value is -0.990. The highest BCUT2D eigenvalue weighted by atomic mass is 31.2. The number of hydrogen-bond acceptors (Lipinski definition) is 8. The molecule has 0 aliphatic carbocycles. The largest absolute Gasteiger partial charge is 0.472 e. The predicted molar refractivity (Wildman–Crippen MR) is 257 cm³/mol. The summed E-state index contributed by atoms with van der Waals surface area (Å²) in [6.07, 6.45) is 51.5. The van der Waals surface area contributed by atoms with E-state index in [9.17, 15) is 19.0 Å². The van der Waals surface area contributed by atoms with Gasteiger partial charge in [-0.1, -0.05) is 258 Å². The number of unbranched alkanes of at least 4 members (excludes halogenated alkanes) is 38. The van der Waals surface area contributed by atoms with Crippen LogP contribution in [-0.4, -0.2) is 49.3 Å². The highest BCUT2D eigenvalue weighted by Crippen LogP contribution is 2.43. The molecule has 0 heterocycles. The van der Waals surface area contributed by atoms with Crippen LogP contribution >= 0.6 is 7.82 Å². The lowest BCUT2D eigenvalue weighted by molar-refractivity contribution is -0.161. The first kappa shape index (κ1) is 60.0. The molecule has 0 saturated carbocycles. The molecule has 0 aliphatic heterocycles. The van der Waals surface area contributed by atoms with Crippen LogP contribution in [0, 0.1) is 0 Å². The van der Waals surface area contributed by atoms with Crippen molar-refractivity contribution >= 4 is 19.8 Å². The average molecular weight is 888 g/mol. The molecule has 364 valence electrons. The maximum absolute atomic E-state index is 12.7. The number of nitrogens with two attached hydrogens (primary N) is 1. The number of carbonyl (C=O) groups is 2. The highest BCUT2D eigenvalue weighted by molar-refractivity contribution is 7.47. The lowest BCUT2D eigenvalue weighted by atomic mass is 10.0. The van der Waals surface area contributed by atoms with E-state index in [1.807, 2.05) is 0 Å². The maximum Gasteiger partial charge on any atom is 0.472 e. The fourth-order valence-electron chi connectivity index (χ4n) is 8.05. The molecule has 3 N–H and O–H groups in total. The van der Waals surface area contributed by atoms with E-state index in [0.29, 0.717) is 6.42 Å². The third kappa shape index (κ3) is 48.3. The molecule has 10 heteroatoms. The number of hydrogen-bond donors (Lipinski definition) is 2. The van der Waals surface area contributed by atoms with Gasteiger partial charge in [0.05, 0.1) is 13.2 Å². The summed E-state index contributed by atoms with van der Waals surface area (Å²) >= 11 is 0. The van der Waals surface area contributed by atoms with Gasteiger partial charge in [0.15, 0.2) is 6.10 Å². The fraction of sp³-hybridized carbons (Fsp3) is 0.961. The summed E-state index contributed by atoms with van der Waals surface area (Å²) in [4.78, 5) is 35.0. The molecule has 0 saturated heterocycles. The van der Waals surface area contributed by atoms with Crippen molar-refractivity contribution in [1.29, 1.82) is 0 Å². The second-order valence-electron chi connectivity index (χ2n) is 18.1. The van der Waals surface area contributed by atoms with Gasteiger partial charge in [-0.3, -0.25) is 18.6 Å². The Balaban J connectivity index is 3.91. The topological polar surface area (TPSA) is 134 Å². The molecule has 0 amide bonds. The van der Waals surface area contributed by atoms with Gasteiger partial charge >= 0.3 is 19.8 Å². The number of rotatable bonds is 51. The number of carbonyl (C=O) groups excluding carboxylic acids is 2. The van der Waals surface area contributed by atoms with E-state index < -0.39 is 26.5 Å². The van der Waals surface area contributed by atoms with Gasteiger partial charge in [-0.2, -0.15) is 0 Å². The lowest BCUT2D eigenvalue weighted by Gasteiger charge is -2.19. The van der Waals surface area contributed by atoms with Crippen LogP contribution in [0.3, 0.4) is 0 Å². The summed E-state index contributed by atoms with van der Waals surface area (Å²) in [5.41, 5.74) is 5.37. The highest BCUT2D eigenvalue weighted by Gasteiger charge is 2.26. The molecule has 61 heavy (non-hydrogen) atoms. The molecule has 0 fully saturated rings. The third-order valence-electron chi connectivity index (χ3n) is 12.0. The van der Waals surface area contributed by atoms with Gasteiger partial charge in [-0.25, -0.2) is 4.57 Å². The number of phosphoric acid groups is 1. The van der Waals surface area contributed by atoms with Crippen molar-refractivity contribution in [2.45, 2.75) is 290 Å². The smallest absolute Gasteiger partial charge is 0.462 e. The van der Waals surface area contributed by atoms with Crippen molar-refractivity contribution in [3.05, 3.63) is 0 Å². The molecule has 0 aliphatic rings. The van der Waals surface area contributed by atoms with Gasteiger partial charge in [0.1, 0.15) is 6.61 Å². The Morgan fingerprint density at radius 3 is 1.00 bits per heavy atom. The van der Waals surface area contributed by atoms with Gasteiger partial charge in [-0.15, -0.1) is 0 Å². The molecule has 2 atom stereocenters. The van der Waals surface area contributed by atoms with Gasteiger partial charge in [-0.05, 0) is 12.8 Å². The zero-order chi connectivity index (χ0) is 44.6. The first-order chi connectivity index (χ1) is 29.8. The van der Waals surface area contributed by atoms with Gasteiger partial charge < -0.3 is 20.1 Å². The first-order valence-corrected chi connectivity index (χ1v) is 28.0. The quantitative estimate of drug-likeness (QED) is 0.0348. The van der Waals surface area contributed by atoms with Crippen LogP contribution in [0.25, 0.3) is 0 Å². The second kappa shape index (κ2) is 48.5. The third-order valence-corrected chi connectivity index (χ3v) is 13.0. The van der Waals surface area contributed by atoms with Crippen LogP contribution in [-0.2, 0) is 32.7 Å². The van der Waals surface area contributed by atoms with E-state index in [0.717, 1.165) is 32.1 Å². The zero-order valence-corrected chi connectivity index (χ0v) is 41.3. The number of phosphoric ester groups is 1. The summed E-state index contributed by atoms with van der Waals surface area (Å²) in [5.74, 6) is -0.807. The van der Waals surface area contributed by atoms with Gasteiger partial charge in [0.25, 0.3) is 0 Å². The van der Waals surface area contributed by atoms with Gasteiger partial charge in [0, 0.05) is 19.4 Å². The SMILES string of the molecule is CCCCCCCCCCCCCCCCCCCCCCCCCCCCC(=O)OC(COC(=O)CCCCCCCCCCCCCCCC)COP(=O)(O)OCCN.